The van der Waals surface area contributed by atoms with Crippen LogP contribution in [0.15, 0.2) is 18.6 Å². The van der Waals surface area contributed by atoms with Crippen molar-refractivity contribution >= 4 is 17.3 Å². The molecule has 0 radical (unpaired) electrons. The lowest BCUT2D eigenvalue weighted by molar-refractivity contribution is 0.688. The van der Waals surface area contributed by atoms with E-state index in [0.29, 0.717) is 11.9 Å². The largest absolute Gasteiger partial charge is 0.382 e. The Balaban J connectivity index is 2.31. The third-order valence-electron chi connectivity index (χ3n) is 2.50. The van der Waals surface area contributed by atoms with Crippen LogP contribution in [0.1, 0.15) is 26.7 Å². The zero-order valence-electron chi connectivity index (χ0n) is 9.64. The van der Waals surface area contributed by atoms with E-state index in [1.807, 2.05) is 10.6 Å². The van der Waals surface area contributed by atoms with E-state index in [9.17, 15) is 0 Å². The maximum absolute atomic E-state index is 5.73. The molecule has 1 unspecified atom stereocenters. The molecule has 0 aromatic carbocycles. The Labute approximate surface area is 94.7 Å². The first-order valence-electron chi connectivity index (χ1n) is 5.56. The quantitative estimate of drug-likeness (QED) is 0.824. The van der Waals surface area contributed by atoms with Gasteiger partial charge in [-0.1, -0.05) is 13.3 Å². The molecule has 2 aromatic rings. The predicted octanol–water partition coefficient (Wildman–Crippen LogP) is 1.91. The fourth-order valence-corrected chi connectivity index (χ4v) is 1.79. The van der Waals surface area contributed by atoms with Gasteiger partial charge < -0.3 is 15.5 Å². The summed E-state index contributed by atoms with van der Waals surface area (Å²) in [4.78, 5) is 8.53. The standard InChI is InChI=1S/C11H17N5/c1-3-4-8(2)14-10-11-13-5-6-16(11)7-9(12)15-10/h5-8H,3-4,12H2,1-2H3,(H,14,15). The third kappa shape index (κ3) is 2.08. The molecule has 0 fully saturated rings. The molecule has 86 valence electrons. The molecule has 0 saturated carbocycles. The van der Waals surface area contributed by atoms with Crippen molar-refractivity contribution in [3.05, 3.63) is 18.6 Å². The van der Waals surface area contributed by atoms with Crippen LogP contribution >= 0.6 is 0 Å². The molecule has 2 rings (SSSR count). The number of nitrogen functional groups attached to an aromatic ring is 1. The van der Waals surface area contributed by atoms with E-state index in [4.69, 9.17) is 5.73 Å². The molecular formula is C11H17N5. The van der Waals surface area contributed by atoms with Crippen LogP contribution in [0.3, 0.4) is 0 Å². The van der Waals surface area contributed by atoms with E-state index in [1.54, 1.807) is 12.4 Å². The minimum atomic E-state index is 0.375. The first-order chi connectivity index (χ1) is 7.70. The summed E-state index contributed by atoms with van der Waals surface area (Å²) >= 11 is 0. The van der Waals surface area contributed by atoms with Crippen LogP contribution in [-0.2, 0) is 0 Å². The number of rotatable bonds is 4. The summed E-state index contributed by atoms with van der Waals surface area (Å²) < 4.78 is 1.88. The number of anilines is 2. The Morgan fingerprint density at radius 1 is 1.56 bits per heavy atom. The van der Waals surface area contributed by atoms with Gasteiger partial charge in [0.05, 0.1) is 6.20 Å². The van der Waals surface area contributed by atoms with Crippen LogP contribution in [0.4, 0.5) is 11.6 Å². The highest BCUT2D eigenvalue weighted by Gasteiger charge is 2.08. The van der Waals surface area contributed by atoms with E-state index in [-0.39, 0.29) is 0 Å². The van der Waals surface area contributed by atoms with Crippen molar-refractivity contribution in [1.29, 1.82) is 0 Å². The summed E-state index contributed by atoms with van der Waals surface area (Å²) in [5.41, 5.74) is 6.55. The molecule has 16 heavy (non-hydrogen) atoms. The molecule has 1 atom stereocenters. The second kappa shape index (κ2) is 4.38. The summed E-state index contributed by atoms with van der Waals surface area (Å²) in [5.74, 6) is 1.25. The number of nitrogens with two attached hydrogens (primary N) is 1. The van der Waals surface area contributed by atoms with Crippen molar-refractivity contribution in [2.24, 2.45) is 0 Å². The zero-order chi connectivity index (χ0) is 11.5. The molecule has 0 aliphatic rings. The van der Waals surface area contributed by atoms with E-state index in [0.717, 1.165) is 24.3 Å². The minimum absolute atomic E-state index is 0.375. The summed E-state index contributed by atoms with van der Waals surface area (Å²) in [6.07, 6.45) is 7.61. The number of hydrogen-bond donors (Lipinski definition) is 2. The Morgan fingerprint density at radius 3 is 3.12 bits per heavy atom. The zero-order valence-corrected chi connectivity index (χ0v) is 9.64. The van der Waals surface area contributed by atoms with Gasteiger partial charge in [0.15, 0.2) is 11.5 Å². The van der Waals surface area contributed by atoms with Gasteiger partial charge in [0.2, 0.25) is 0 Å². The molecule has 0 saturated heterocycles. The van der Waals surface area contributed by atoms with Crippen molar-refractivity contribution in [1.82, 2.24) is 14.4 Å². The number of aromatic nitrogens is 3. The second-order valence-electron chi connectivity index (χ2n) is 4.01. The van der Waals surface area contributed by atoms with E-state index < -0.39 is 0 Å². The van der Waals surface area contributed by atoms with Crippen molar-refractivity contribution in [2.45, 2.75) is 32.7 Å². The first-order valence-corrected chi connectivity index (χ1v) is 5.56. The number of hydrogen-bond acceptors (Lipinski definition) is 4. The van der Waals surface area contributed by atoms with Gasteiger partial charge in [0, 0.05) is 18.4 Å². The molecule has 2 aromatic heterocycles. The molecule has 5 heteroatoms. The summed E-state index contributed by atoms with van der Waals surface area (Å²) in [6.45, 7) is 4.30. The summed E-state index contributed by atoms with van der Waals surface area (Å²) in [7, 11) is 0. The monoisotopic (exact) mass is 219 g/mol. The Hall–Kier alpha value is -1.78. The van der Waals surface area contributed by atoms with E-state index >= 15 is 0 Å². The molecule has 0 aliphatic carbocycles. The highest BCUT2D eigenvalue weighted by molar-refractivity contribution is 5.65. The number of imidazole rings is 1. The summed E-state index contributed by atoms with van der Waals surface area (Å²) in [5, 5.41) is 3.34. The Morgan fingerprint density at radius 2 is 2.38 bits per heavy atom. The van der Waals surface area contributed by atoms with Crippen molar-refractivity contribution in [3.8, 4) is 0 Å². The van der Waals surface area contributed by atoms with E-state index in [1.165, 1.54) is 0 Å². The first kappa shape index (κ1) is 10.7. The minimum Gasteiger partial charge on any atom is -0.382 e. The van der Waals surface area contributed by atoms with Crippen LogP contribution < -0.4 is 11.1 Å². The van der Waals surface area contributed by atoms with Crippen LogP contribution in [0.2, 0.25) is 0 Å². The molecular weight excluding hydrogens is 202 g/mol. The lowest BCUT2D eigenvalue weighted by atomic mass is 10.2. The van der Waals surface area contributed by atoms with Crippen LogP contribution in [-0.4, -0.2) is 20.4 Å². The molecule has 2 heterocycles. The average molecular weight is 219 g/mol. The fraction of sp³-hybridized carbons (Fsp3) is 0.455. The smallest absolute Gasteiger partial charge is 0.180 e. The van der Waals surface area contributed by atoms with Crippen LogP contribution in [0.5, 0.6) is 0 Å². The van der Waals surface area contributed by atoms with Crippen molar-refractivity contribution < 1.29 is 0 Å². The summed E-state index contributed by atoms with van der Waals surface area (Å²) in [6, 6.07) is 0.375. The lowest BCUT2D eigenvalue weighted by Crippen LogP contribution is -2.17. The van der Waals surface area contributed by atoms with Crippen LogP contribution in [0, 0.1) is 0 Å². The fourth-order valence-electron chi connectivity index (χ4n) is 1.79. The molecule has 3 N–H and O–H groups in total. The van der Waals surface area contributed by atoms with Gasteiger partial charge in [-0.15, -0.1) is 0 Å². The van der Waals surface area contributed by atoms with Gasteiger partial charge in [0.25, 0.3) is 0 Å². The lowest BCUT2D eigenvalue weighted by Gasteiger charge is -2.14. The van der Waals surface area contributed by atoms with Crippen molar-refractivity contribution in [3.63, 3.8) is 0 Å². The van der Waals surface area contributed by atoms with Gasteiger partial charge in [0.1, 0.15) is 5.82 Å². The van der Waals surface area contributed by atoms with Gasteiger partial charge in [-0.3, -0.25) is 0 Å². The van der Waals surface area contributed by atoms with Crippen LogP contribution in [0.25, 0.3) is 5.65 Å². The number of nitrogens with zero attached hydrogens (tertiary/aromatic N) is 3. The van der Waals surface area contributed by atoms with Crippen molar-refractivity contribution in [2.75, 3.05) is 11.1 Å². The maximum atomic E-state index is 5.73. The average Bonchev–Trinajstić information content (AvgIpc) is 2.65. The topological polar surface area (TPSA) is 68.2 Å². The maximum Gasteiger partial charge on any atom is 0.180 e. The number of nitrogens with one attached hydrogen (secondary N) is 1. The molecule has 0 spiro atoms. The SMILES string of the molecule is CCCC(C)Nc1nc(N)cn2ccnc12. The molecule has 0 amide bonds. The third-order valence-corrected chi connectivity index (χ3v) is 2.50. The van der Waals surface area contributed by atoms with Gasteiger partial charge in [-0.2, -0.15) is 0 Å². The van der Waals surface area contributed by atoms with E-state index in [2.05, 4.69) is 29.1 Å². The number of fused-ring (bicyclic) bond motifs is 1. The predicted molar refractivity (Wildman–Crippen MR) is 65.4 cm³/mol. The normalized spacial score (nSPS) is 12.9. The highest BCUT2D eigenvalue weighted by Crippen LogP contribution is 2.16. The highest BCUT2D eigenvalue weighted by atomic mass is 15.1. The molecule has 5 nitrogen and oxygen atoms in total. The molecule has 0 bridgehead atoms. The second-order valence-corrected chi connectivity index (χ2v) is 4.01. The van der Waals surface area contributed by atoms with Gasteiger partial charge in [-0.25, -0.2) is 9.97 Å². The van der Waals surface area contributed by atoms with Gasteiger partial charge in [-0.05, 0) is 13.3 Å². The molecule has 0 aliphatic heterocycles. The Kier molecular flexibility index (Phi) is 2.94. The Bertz CT molecular complexity index is 476. The van der Waals surface area contributed by atoms with Gasteiger partial charge >= 0.3 is 0 Å².